The average Bonchev–Trinajstić information content (AvgIpc) is 2.54. The number of benzene rings is 1. The van der Waals surface area contributed by atoms with E-state index in [4.69, 9.17) is 10.3 Å². The van der Waals surface area contributed by atoms with Crippen LogP contribution >= 0.6 is 12.2 Å². The molecule has 2 N–H and O–H groups in total. The van der Waals surface area contributed by atoms with Gasteiger partial charge < -0.3 is 10.3 Å². The maximum atomic E-state index is 11.2. The number of nitrogens with zero attached hydrogens (tertiary/aromatic N) is 3. The van der Waals surface area contributed by atoms with E-state index in [0.717, 1.165) is 6.42 Å². The highest BCUT2D eigenvalue weighted by atomic mass is 32.1. The molecule has 0 aromatic heterocycles. The Morgan fingerprint density at radius 1 is 1.35 bits per heavy atom. The smallest absolute Gasteiger partial charge is 0.335 e. The number of carboxylic acid groups (broad SMARTS) is 1. The number of aliphatic imine (C=N–C) groups is 1. The van der Waals surface area contributed by atoms with Crippen molar-refractivity contribution < 1.29 is 15.1 Å². The minimum Gasteiger partial charge on any atom is -0.478 e. The number of hydrogen-bond donors (Lipinski definition) is 2. The molecule has 1 aromatic carbocycles. The van der Waals surface area contributed by atoms with Crippen molar-refractivity contribution in [3.8, 4) is 0 Å². The lowest BCUT2D eigenvalue weighted by Crippen LogP contribution is -2.35. The number of oxime groups is 1. The lowest BCUT2D eigenvalue weighted by Gasteiger charge is -2.25. The van der Waals surface area contributed by atoms with Gasteiger partial charge in [0.25, 0.3) is 0 Å². The first-order chi connectivity index (χ1) is 11.1. The van der Waals surface area contributed by atoms with Crippen LogP contribution in [0.2, 0.25) is 5.82 Å². The Labute approximate surface area is 138 Å². The fourth-order valence-corrected chi connectivity index (χ4v) is 2.80. The summed E-state index contributed by atoms with van der Waals surface area (Å²) in [7, 11) is 1.75. The number of nitroso groups, excluding NO2 is 1. The Kier molecular flexibility index (Phi) is 5.73. The summed E-state index contributed by atoms with van der Waals surface area (Å²) < 4.78 is 0. The molecule has 1 aromatic rings. The highest BCUT2D eigenvalue weighted by molar-refractivity contribution is 7.78. The molecule has 7 nitrogen and oxygen atoms in total. The van der Waals surface area contributed by atoms with E-state index < -0.39 is 12.0 Å². The van der Waals surface area contributed by atoms with Crippen molar-refractivity contribution in [2.75, 3.05) is 0 Å². The van der Waals surface area contributed by atoms with Gasteiger partial charge in [0.1, 0.15) is 6.04 Å². The fourth-order valence-electron chi connectivity index (χ4n) is 2.69. The van der Waals surface area contributed by atoms with E-state index in [1.165, 1.54) is 12.1 Å². The molecule has 0 aliphatic heterocycles. The molecule has 1 radical (unpaired) electrons. The number of aromatic carboxylic acids is 1. The van der Waals surface area contributed by atoms with Gasteiger partial charge in [-0.2, -0.15) is 9.90 Å². The van der Waals surface area contributed by atoms with Crippen LogP contribution in [-0.4, -0.2) is 40.5 Å². The second kappa shape index (κ2) is 7.76. The molecule has 9 heteroatoms. The molecule has 0 bridgehead atoms. The summed E-state index contributed by atoms with van der Waals surface area (Å²) in [5, 5.41) is 26.7. The SMILES string of the molecule is O=NC1CCCC([B]c2cc(N=C=S)cc(C(=O)O)c2)C1=NO. The lowest BCUT2D eigenvalue weighted by atomic mass is 9.53. The standard InChI is InChI=1S/C14H13BN3O4S/c19-14(20)8-4-9(6-10(5-8)16-7-23)15-11-2-1-3-12(17-21)13(11)18-22/h4-6,11-12,22H,1-3H2,(H,19,20). The first kappa shape index (κ1) is 17.0. The van der Waals surface area contributed by atoms with Crippen LogP contribution in [0, 0.1) is 4.91 Å². The van der Waals surface area contributed by atoms with Crippen molar-refractivity contribution in [1.29, 1.82) is 0 Å². The molecular weight excluding hydrogens is 317 g/mol. The largest absolute Gasteiger partial charge is 0.478 e. The van der Waals surface area contributed by atoms with E-state index in [1.807, 2.05) is 0 Å². The van der Waals surface area contributed by atoms with Crippen LogP contribution in [0.4, 0.5) is 5.69 Å². The van der Waals surface area contributed by atoms with Crippen molar-refractivity contribution in [1.82, 2.24) is 0 Å². The summed E-state index contributed by atoms with van der Waals surface area (Å²) >= 11 is 4.54. The quantitative estimate of drug-likeness (QED) is 0.215. The van der Waals surface area contributed by atoms with E-state index in [1.54, 1.807) is 13.3 Å². The van der Waals surface area contributed by atoms with E-state index in [2.05, 4.69) is 32.7 Å². The van der Waals surface area contributed by atoms with Gasteiger partial charge in [-0.1, -0.05) is 34.7 Å². The zero-order valence-corrected chi connectivity index (χ0v) is 12.9. The monoisotopic (exact) mass is 330 g/mol. The summed E-state index contributed by atoms with van der Waals surface area (Å²) in [6.45, 7) is 0. The fraction of sp³-hybridized carbons (Fsp3) is 0.357. The van der Waals surface area contributed by atoms with Crippen LogP contribution in [0.3, 0.4) is 0 Å². The van der Waals surface area contributed by atoms with Gasteiger partial charge in [0.05, 0.1) is 22.1 Å². The molecule has 0 amide bonds. The molecule has 2 unspecified atom stereocenters. The van der Waals surface area contributed by atoms with Crippen LogP contribution in [0.1, 0.15) is 29.6 Å². The van der Waals surface area contributed by atoms with Crippen LogP contribution in [0.25, 0.3) is 0 Å². The third kappa shape index (κ3) is 4.09. The highest BCUT2D eigenvalue weighted by Gasteiger charge is 2.31. The van der Waals surface area contributed by atoms with Crippen LogP contribution in [-0.2, 0) is 0 Å². The first-order valence-corrected chi connectivity index (χ1v) is 7.35. The van der Waals surface area contributed by atoms with E-state index in [-0.39, 0.29) is 11.4 Å². The maximum absolute atomic E-state index is 11.2. The van der Waals surface area contributed by atoms with Gasteiger partial charge in [0.2, 0.25) is 0 Å². The zero-order valence-electron chi connectivity index (χ0n) is 12.0. The maximum Gasteiger partial charge on any atom is 0.335 e. The van der Waals surface area contributed by atoms with Crippen molar-refractivity contribution in [2.45, 2.75) is 31.1 Å². The Morgan fingerprint density at radius 3 is 2.74 bits per heavy atom. The summed E-state index contributed by atoms with van der Waals surface area (Å²) in [6, 6.07) is 3.86. The van der Waals surface area contributed by atoms with Gasteiger partial charge in [0.15, 0.2) is 7.28 Å². The van der Waals surface area contributed by atoms with E-state index >= 15 is 0 Å². The van der Waals surface area contributed by atoms with Crippen molar-refractivity contribution in [3.63, 3.8) is 0 Å². The molecule has 0 heterocycles. The Balaban J connectivity index is 2.32. The zero-order chi connectivity index (χ0) is 16.8. The van der Waals surface area contributed by atoms with Gasteiger partial charge >= 0.3 is 5.97 Å². The molecule has 0 spiro atoms. The highest BCUT2D eigenvalue weighted by Crippen LogP contribution is 2.28. The minimum atomic E-state index is -1.09. The number of isothiocyanates is 1. The molecule has 0 saturated heterocycles. The first-order valence-electron chi connectivity index (χ1n) is 6.94. The van der Waals surface area contributed by atoms with Crippen LogP contribution in [0.15, 0.2) is 33.5 Å². The average molecular weight is 330 g/mol. The van der Waals surface area contributed by atoms with E-state index in [0.29, 0.717) is 29.7 Å². The predicted octanol–water partition coefficient (Wildman–Crippen LogP) is 2.39. The normalized spacial score (nSPS) is 22.2. The van der Waals surface area contributed by atoms with Gasteiger partial charge in [-0.05, 0) is 36.6 Å². The van der Waals surface area contributed by atoms with Gasteiger partial charge in [-0.3, -0.25) is 0 Å². The summed E-state index contributed by atoms with van der Waals surface area (Å²) in [4.78, 5) is 25.8. The van der Waals surface area contributed by atoms with Crippen LogP contribution in [0.5, 0.6) is 0 Å². The van der Waals surface area contributed by atoms with E-state index in [9.17, 15) is 9.70 Å². The van der Waals surface area contributed by atoms with Crippen molar-refractivity contribution in [2.24, 2.45) is 15.3 Å². The predicted molar refractivity (Wildman–Crippen MR) is 89.9 cm³/mol. The molecule has 1 aliphatic rings. The third-order valence-corrected chi connectivity index (χ3v) is 3.80. The molecule has 2 rings (SSSR count). The Hall–Kier alpha value is -2.38. The topological polar surface area (TPSA) is 112 Å². The summed E-state index contributed by atoms with van der Waals surface area (Å²) in [5.41, 5.74) is 1.32. The minimum absolute atomic E-state index is 0.0612. The summed E-state index contributed by atoms with van der Waals surface area (Å²) in [5.74, 6) is -1.38. The molecule has 23 heavy (non-hydrogen) atoms. The number of rotatable bonds is 5. The van der Waals surface area contributed by atoms with Gasteiger partial charge in [-0.25, -0.2) is 4.79 Å². The third-order valence-electron chi connectivity index (χ3n) is 3.71. The van der Waals surface area contributed by atoms with Crippen LogP contribution < -0.4 is 5.46 Å². The molecule has 117 valence electrons. The number of carbonyl (C=O) groups is 1. The molecule has 1 fully saturated rings. The second-order valence-corrected chi connectivity index (χ2v) is 5.35. The molecule has 2 atom stereocenters. The lowest BCUT2D eigenvalue weighted by molar-refractivity contribution is 0.0697. The Bertz CT molecular complexity index is 683. The van der Waals surface area contributed by atoms with Crippen molar-refractivity contribution >= 4 is 47.5 Å². The summed E-state index contributed by atoms with van der Waals surface area (Å²) in [6.07, 6.45) is 2.00. The number of thiocarbonyl (C=S) groups is 1. The molecule has 1 saturated carbocycles. The van der Waals surface area contributed by atoms with Gasteiger partial charge in [0, 0.05) is 0 Å². The Morgan fingerprint density at radius 2 is 2.13 bits per heavy atom. The number of hydrogen-bond acceptors (Lipinski definition) is 7. The second-order valence-electron chi connectivity index (χ2n) is 5.17. The van der Waals surface area contributed by atoms with Crippen molar-refractivity contribution in [3.05, 3.63) is 28.7 Å². The molecule has 1 aliphatic carbocycles. The number of carboxylic acids is 1. The molecular formula is C14H13BN3O4S. The van der Waals surface area contributed by atoms with Gasteiger partial charge in [-0.15, -0.1) is 0 Å².